The van der Waals surface area contributed by atoms with Crippen molar-refractivity contribution in [3.8, 4) is 17.0 Å². The van der Waals surface area contributed by atoms with Crippen LogP contribution in [0.3, 0.4) is 0 Å². The molecular weight excluding hydrogens is 408 g/mol. The molecule has 3 rings (SSSR count). The number of amides is 1. The van der Waals surface area contributed by atoms with Crippen molar-refractivity contribution >= 4 is 28.1 Å². The first-order valence-electron chi connectivity index (χ1n) is 8.37. The topological polar surface area (TPSA) is 112 Å². The molecule has 1 unspecified atom stereocenters. The largest absolute Gasteiger partial charge is 0.435 e. The quantitative estimate of drug-likeness (QED) is 0.431. The van der Waals surface area contributed by atoms with Crippen molar-refractivity contribution in [2.75, 3.05) is 5.32 Å². The molecule has 29 heavy (non-hydrogen) atoms. The predicted molar refractivity (Wildman–Crippen MR) is 101 cm³/mol. The highest BCUT2D eigenvalue weighted by molar-refractivity contribution is 7.14. The fraction of sp³-hybridized carbons (Fsp3) is 0.235. The normalized spacial score (nSPS) is 12.0. The summed E-state index contributed by atoms with van der Waals surface area (Å²) in [5, 5.41) is 19.4. The van der Waals surface area contributed by atoms with Gasteiger partial charge in [0.1, 0.15) is 24.2 Å². The standard InChI is InChI=1S/C17H15F2N5O4S/c1-2-14(23-8-11(7-20-23)24(26)27)15(25)22-17-21-13(9-29-17)10-3-5-12(6-4-10)28-16(18)19/h3-9,14,16H,2H2,1H3,(H,21,22,25). The highest BCUT2D eigenvalue weighted by atomic mass is 32.1. The predicted octanol–water partition coefficient (Wildman–Crippen LogP) is 4.11. The van der Waals surface area contributed by atoms with Crippen molar-refractivity contribution in [2.24, 2.45) is 0 Å². The summed E-state index contributed by atoms with van der Waals surface area (Å²) in [6.07, 6.45) is 2.65. The van der Waals surface area contributed by atoms with Crippen molar-refractivity contribution in [1.82, 2.24) is 14.8 Å². The van der Waals surface area contributed by atoms with Gasteiger partial charge in [-0.3, -0.25) is 19.6 Å². The maximum atomic E-state index is 12.6. The highest BCUT2D eigenvalue weighted by Crippen LogP contribution is 2.28. The Labute approximate surface area is 167 Å². The van der Waals surface area contributed by atoms with Crippen LogP contribution < -0.4 is 10.1 Å². The Bertz CT molecular complexity index is 1010. The molecule has 2 heterocycles. The van der Waals surface area contributed by atoms with E-state index in [1.807, 2.05) is 0 Å². The van der Waals surface area contributed by atoms with Gasteiger partial charge in [-0.2, -0.15) is 13.9 Å². The molecule has 9 nitrogen and oxygen atoms in total. The summed E-state index contributed by atoms with van der Waals surface area (Å²) in [5.41, 5.74) is 1.02. The summed E-state index contributed by atoms with van der Waals surface area (Å²) in [6.45, 7) is -1.14. The van der Waals surface area contributed by atoms with Gasteiger partial charge in [0, 0.05) is 10.9 Å². The van der Waals surface area contributed by atoms with E-state index in [-0.39, 0.29) is 11.4 Å². The molecule has 0 fully saturated rings. The molecule has 0 radical (unpaired) electrons. The summed E-state index contributed by atoms with van der Waals surface area (Å²) in [6, 6.07) is 5.22. The molecular formula is C17H15F2N5O4S. The van der Waals surface area contributed by atoms with Gasteiger partial charge in [-0.25, -0.2) is 4.98 Å². The first-order valence-corrected chi connectivity index (χ1v) is 9.25. The second-order valence-corrected chi connectivity index (χ2v) is 6.65. The number of alkyl halides is 2. The van der Waals surface area contributed by atoms with Crippen molar-refractivity contribution in [3.05, 3.63) is 52.2 Å². The van der Waals surface area contributed by atoms with Gasteiger partial charge in [0.05, 0.1) is 10.6 Å². The average Bonchev–Trinajstić information content (AvgIpc) is 3.33. The number of hydrogen-bond acceptors (Lipinski definition) is 7. The molecule has 12 heteroatoms. The Morgan fingerprint density at radius 1 is 1.38 bits per heavy atom. The first kappa shape index (κ1) is 20.3. The van der Waals surface area contributed by atoms with E-state index in [2.05, 4.69) is 20.1 Å². The molecule has 1 amide bonds. The summed E-state index contributed by atoms with van der Waals surface area (Å²) < 4.78 is 30.0. The lowest BCUT2D eigenvalue weighted by Crippen LogP contribution is -2.25. The Balaban J connectivity index is 1.69. The van der Waals surface area contributed by atoms with Crippen LogP contribution in [0.15, 0.2) is 42.0 Å². The third kappa shape index (κ3) is 4.90. The van der Waals surface area contributed by atoms with Crippen LogP contribution in [-0.2, 0) is 4.79 Å². The zero-order valence-corrected chi connectivity index (χ0v) is 15.8. The molecule has 0 saturated carbocycles. The first-order chi connectivity index (χ1) is 13.9. The van der Waals surface area contributed by atoms with Crippen LogP contribution in [0.1, 0.15) is 19.4 Å². The molecule has 1 aromatic carbocycles. The molecule has 1 atom stereocenters. The monoisotopic (exact) mass is 423 g/mol. The number of rotatable bonds is 8. The van der Waals surface area contributed by atoms with Crippen molar-refractivity contribution in [3.63, 3.8) is 0 Å². The van der Waals surface area contributed by atoms with Crippen LogP contribution in [0, 0.1) is 10.1 Å². The minimum absolute atomic E-state index is 0.0339. The molecule has 1 N–H and O–H groups in total. The van der Waals surface area contributed by atoms with Gasteiger partial charge in [0.25, 0.3) is 5.91 Å². The number of hydrogen-bond donors (Lipinski definition) is 1. The highest BCUT2D eigenvalue weighted by Gasteiger charge is 2.23. The Hall–Kier alpha value is -3.41. The maximum Gasteiger partial charge on any atom is 0.387 e. The molecule has 0 aliphatic rings. The number of aromatic nitrogens is 3. The Morgan fingerprint density at radius 2 is 2.10 bits per heavy atom. The number of nitro groups is 1. The second-order valence-electron chi connectivity index (χ2n) is 5.79. The summed E-state index contributed by atoms with van der Waals surface area (Å²) >= 11 is 1.19. The number of halogens is 2. The molecule has 0 aliphatic carbocycles. The molecule has 0 aliphatic heterocycles. The number of ether oxygens (including phenoxy) is 1. The van der Waals surface area contributed by atoms with E-state index < -0.39 is 23.5 Å². The smallest absolute Gasteiger partial charge is 0.387 e. The molecule has 2 aromatic heterocycles. The number of nitrogens with one attached hydrogen (secondary N) is 1. The molecule has 0 saturated heterocycles. The Kier molecular flexibility index (Phi) is 6.12. The maximum absolute atomic E-state index is 12.6. The third-order valence-corrected chi connectivity index (χ3v) is 4.67. The van der Waals surface area contributed by atoms with Gasteiger partial charge in [0.15, 0.2) is 5.13 Å². The van der Waals surface area contributed by atoms with Crippen molar-refractivity contribution in [2.45, 2.75) is 26.0 Å². The number of benzene rings is 1. The van der Waals surface area contributed by atoms with E-state index in [4.69, 9.17) is 0 Å². The van der Waals surface area contributed by atoms with E-state index in [9.17, 15) is 23.7 Å². The minimum Gasteiger partial charge on any atom is -0.435 e. The lowest BCUT2D eigenvalue weighted by atomic mass is 10.2. The molecule has 0 bridgehead atoms. The SMILES string of the molecule is CCC(C(=O)Nc1nc(-c2ccc(OC(F)F)cc2)cs1)n1cc([N+](=O)[O-])cn1. The van der Waals surface area contributed by atoms with E-state index in [0.717, 1.165) is 6.20 Å². The lowest BCUT2D eigenvalue weighted by Gasteiger charge is -2.13. The number of nitrogens with zero attached hydrogens (tertiary/aromatic N) is 4. The fourth-order valence-electron chi connectivity index (χ4n) is 2.54. The van der Waals surface area contributed by atoms with Crippen LogP contribution in [0.5, 0.6) is 5.75 Å². The van der Waals surface area contributed by atoms with Crippen molar-refractivity contribution < 1.29 is 23.2 Å². The Morgan fingerprint density at radius 3 is 2.69 bits per heavy atom. The van der Waals surface area contributed by atoms with Crippen LogP contribution in [0.4, 0.5) is 19.6 Å². The molecule has 0 spiro atoms. The van der Waals surface area contributed by atoms with Gasteiger partial charge in [0.2, 0.25) is 0 Å². The summed E-state index contributed by atoms with van der Waals surface area (Å²) in [4.78, 5) is 27.1. The van der Waals surface area contributed by atoms with Crippen molar-refractivity contribution in [1.29, 1.82) is 0 Å². The zero-order valence-electron chi connectivity index (χ0n) is 15.0. The minimum atomic E-state index is -2.90. The van der Waals surface area contributed by atoms with E-state index in [1.165, 1.54) is 34.3 Å². The fourth-order valence-corrected chi connectivity index (χ4v) is 3.27. The number of carbonyl (C=O) groups excluding carboxylic acids is 1. The van der Waals surface area contributed by atoms with E-state index in [1.54, 1.807) is 24.4 Å². The van der Waals surface area contributed by atoms with Crippen LogP contribution in [-0.4, -0.2) is 32.2 Å². The summed E-state index contributed by atoms with van der Waals surface area (Å²) in [5.74, 6) is -0.376. The van der Waals surface area contributed by atoms with Gasteiger partial charge in [-0.15, -0.1) is 11.3 Å². The van der Waals surface area contributed by atoms with Gasteiger partial charge < -0.3 is 10.1 Å². The summed E-state index contributed by atoms with van der Waals surface area (Å²) in [7, 11) is 0. The number of thiazole rings is 1. The number of anilines is 1. The van der Waals surface area contributed by atoms with Crippen LogP contribution in [0.25, 0.3) is 11.3 Å². The lowest BCUT2D eigenvalue weighted by molar-refractivity contribution is -0.385. The molecule has 3 aromatic rings. The van der Waals surface area contributed by atoms with Crippen LogP contribution in [0.2, 0.25) is 0 Å². The zero-order chi connectivity index (χ0) is 21.0. The average molecular weight is 423 g/mol. The van der Waals surface area contributed by atoms with Gasteiger partial charge in [-0.05, 0) is 30.7 Å². The third-order valence-electron chi connectivity index (χ3n) is 3.92. The second kappa shape index (κ2) is 8.73. The van der Waals surface area contributed by atoms with E-state index >= 15 is 0 Å². The van der Waals surface area contributed by atoms with Crippen LogP contribution >= 0.6 is 11.3 Å². The molecule has 152 valence electrons. The van der Waals surface area contributed by atoms with Gasteiger partial charge >= 0.3 is 12.3 Å². The number of carbonyl (C=O) groups is 1. The van der Waals surface area contributed by atoms with Gasteiger partial charge in [-0.1, -0.05) is 6.92 Å². The van der Waals surface area contributed by atoms with E-state index in [0.29, 0.717) is 22.8 Å².